The lowest BCUT2D eigenvalue weighted by Crippen LogP contribution is -2.46. The standard InChI is InChI=1S/C26H32F3N5O2S/c1-17(19-12-20(26(27,28)29)14-21(13-19)37-4)36-25-24(18-8-6-5-7-9-18)34(10-11-35-25)16-23-22(15-33(2)3)30-32-31-23/h5-9,12-14,17,24-25H,10-11,15-16H2,1-4H3,(H,30,31,32)/t17-,24?,25?/m1/s1. The second kappa shape index (κ2) is 12.0. The van der Waals surface area contributed by atoms with E-state index in [1.165, 1.54) is 11.8 Å². The number of morpholine rings is 1. The Bertz CT molecular complexity index is 1160. The Balaban J connectivity index is 1.61. The van der Waals surface area contributed by atoms with Crippen molar-refractivity contribution in [1.82, 2.24) is 25.2 Å². The summed E-state index contributed by atoms with van der Waals surface area (Å²) in [6.07, 6.45) is -4.00. The van der Waals surface area contributed by atoms with Gasteiger partial charge in [0.15, 0.2) is 6.29 Å². The van der Waals surface area contributed by atoms with E-state index in [0.717, 1.165) is 29.1 Å². The van der Waals surface area contributed by atoms with Gasteiger partial charge in [-0.3, -0.25) is 10.00 Å². The molecule has 0 radical (unpaired) electrons. The van der Waals surface area contributed by atoms with E-state index >= 15 is 0 Å². The summed E-state index contributed by atoms with van der Waals surface area (Å²) in [5.74, 6) is 0. The molecular formula is C26H32F3N5O2S. The normalized spacial score (nSPS) is 19.9. The van der Waals surface area contributed by atoms with Crippen molar-refractivity contribution in [2.75, 3.05) is 33.5 Å². The van der Waals surface area contributed by atoms with Crippen molar-refractivity contribution in [3.8, 4) is 0 Å². The molecule has 2 unspecified atom stereocenters. The molecule has 1 aliphatic heterocycles. The number of aromatic nitrogens is 3. The Morgan fingerprint density at radius 3 is 2.65 bits per heavy atom. The molecule has 1 saturated heterocycles. The average Bonchev–Trinajstić information content (AvgIpc) is 3.29. The van der Waals surface area contributed by atoms with Gasteiger partial charge in [0.2, 0.25) is 0 Å². The summed E-state index contributed by atoms with van der Waals surface area (Å²) in [7, 11) is 3.96. The Kier molecular flexibility index (Phi) is 8.91. The van der Waals surface area contributed by atoms with Crippen molar-refractivity contribution < 1.29 is 22.6 Å². The summed E-state index contributed by atoms with van der Waals surface area (Å²) in [6.45, 7) is 4.02. The van der Waals surface area contributed by atoms with Gasteiger partial charge >= 0.3 is 6.18 Å². The van der Waals surface area contributed by atoms with E-state index in [4.69, 9.17) is 9.47 Å². The third kappa shape index (κ3) is 6.91. The highest BCUT2D eigenvalue weighted by atomic mass is 32.2. The minimum Gasteiger partial charge on any atom is -0.349 e. The number of H-pyrrole nitrogens is 1. The number of aromatic amines is 1. The lowest BCUT2D eigenvalue weighted by Gasteiger charge is -2.42. The van der Waals surface area contributed by atoms with Crippen molar-refractivity contribution in [3.63, 3.8) is 0 Å². The molecule has 4 rings (SSSR count). The fourth-order valence-electron chi connectivity index (χ4n) is 4.45. The van der Waals surface area contributed by atoms with Gasteiger partial charge < -0.3 is 14.4 Å². The molecule has 7 nitrogen and oxygen atoms in total. The van der Waals surface area contributed by atoms with E-state index in [9.17, 15) is 13.2 Å². The Labute approximate surface area is 219 Å². The summed E-state index contributed by atoms with van der Waals surface area (Å²) in [6, 6.07) is 13.6. The van der Waals surface area contributed by atoms with Gasteiger partial charge in [0.05, 0.1) is 30.0 Å². The first-order chi connectivity index (χ1) is 17.7. The van der Waals surface area contributed by atoms with Crippen LogP contribution in [-0.4, -0.2) is 65.0 Å². The van der Waals surface area contributed by atoms with Crippen LogP contribution in [0, 0.1) is 0 Å². The molecule has 0 amide bonds. The third-order valence-corrected chi connectivity index (χ3v) is 6.99. The number of alkyl halides is 3. The zero-order valence-corrected chi connectivity index (χ0v) is 22.1. The number of halogens is 3. The zero-order chi connectivity index (χ0) is 26.6. The average molecular weight is 536 g/mol. The summed E-state index contributed by atoms with van der Waals surface area (Å²) in [5.41, 5.74) is 2.53. The minimum atomic E-state index is -4.44. The number of rotatable bonds is 9. The van der Waals surface area contributed by atoms with Crippen LogP contribution in [0.1, 0.15) is 47.1 Å². The maximum atomic E-state index is 13.5. The molecule has 3 aromatic rings. The summed E-state index contributed by atoms with van der Waals surface area (Å²) >= 11 is 1.27. The number of nitrogens with zero attached hydrogens (tertiary/aromatic N) is 4. The van der Waals surface area contributed by atoms with Crippen molar-refractivity contribution in [2.45, 2.75) is 49.5 Å². The number of benzene rings is 2. The van der Waals surface area contributed by atoms with Crippen LogP contribution in [0.15, 0.2) is 53.4 Å². The molecule has 2 aromatic carbocycles. The van der Waals surface area contributed by atoms with Crippen molar-refractivity contribution in [1.29, 1.82) is 0 Å². The van der Waals surface area contributed by atoms with Gasteiger partial charge in [-0.2, -0.15) is 13.2 Å². The van der Waals surface area contributed by atoms with Crippen molar-refractivity contribution in [3.05, 3.63) is 76.6 Å². The van der Waals surface area contributed by atoms with Crippen LogP contribution in [0.2, 0.25) is 0 Å². The second-order valence-electron chi connectivity index (χ2n) is 9.31. The highest BCUT2D eigenvalue weighted by Gasteiger charge is 2.37. The maximum Gasteiger partial charge on any atom is 0.416 e. The van der Waals surface area contributed by atoms with E-state index in [0.29, 0.717) is 36.7 Å². The Hall–Kier alpha value is -2.44. The molecule has 0 aliphatic carbocycles. The van der Waals surface area contributed by atoms with Crippen LogP contribution >= 0.6 is 11.8 Å². The largest absolute Gasteiger partial charge is 0.416 e. The number of thioether (sulfide) groups is 1. The molecule has 1 fully saturated rings. The molecule has 37 heavy (non-hydrogen) atoms. The van der Waals surface area contributed by atoms with Gasteiger partial charge in [-0.15, -0.1) is 16.9 Å². The Morgan fingerprint density at radius 2 is 1.97 bits per heavy atom. The van der Waals surface area contributed by atoms with E-state index in [2.05, 4.69) is 20.3 Å². The van der Waals surface area contributed by atoms with E-state index < -0.39 is 24.1 Å². The molecule has 1 aliphatic rings. The third-order valence-electron chi connectivity index (χ3n) is 6.28. The lowest BCUT2D eigenvalue weighted by atomic mass is 10.0. The van der Waals surface area contributed by atoms with Crippen LogP contribution in [0.3, 0.4) is 0 Å². The van der Waals surface area contributed by atoms with Crippen LogP contribution in [0.4, 0.5) is 13.2 Å². The lowest BCUT2D eigenvalue weighted by molar-refractivity contribution is -0.231. The summed E-state index contributed by atoms with van der Waals surface area (Å²) in [5, 5.41) is 11.3. The SMILES string of the molecule is CSc1cc([C@@H](C)OC2OCCN(Cc3nn[nH]c3CN(C)C)C2c2ccccc2)cc(C(F)(F)F)c1. The topological polar surface area (TPSA) is 66.5 Å². The number of nitrogens with one attached hydrogen (secondary N) is 1. The molecule has 200 valence electrons. The van der Waals surface area contributed by atoms with Gasteiger partial charge in [0.25, 0.3) is 0 Å². The van der Waals surface area contributed by atoms with E-state index in [-0.39, 0.29) is 6.04 Å². The van der Waals surface area contributed by atoms with Crippen molar-refractivity contribution in [2.24, 2.45) is 0 Å². The van der Waals surface area contributed by atoms with Gasteiger partial charge in [-0.05, 0) is 56.6 Å². The van der Waals surface area contributed by atoms with E-state index in [1.807, 2.05) is 49.3 Å². The predicted octanol–water partition coefficient (Wildman–Crippen LogP) is 5.28. The Morgan fingerprint density at radius 1 is 1.22 bits per heavy atom. The van der Waals surface area contributed by atoms with Gasteiger partial charge in [-0.1, -0.05) is 35.5 Å². The van der Waals surface area contributed by atoms with E-state index in [1.54, 1.807) is 19.2 Å². The molecule has 3 atom stereocenters. The molecule has 1 N–H and O–H groups in total. The first-order valence-corrected chi connectivity index (χ1v) is 13.2. The van der Waals surface area contributed by atoms with Crippen LogP contribution in [-0.2, 0) is 28.7 Å². The minimum absolute atomic E-state index is 0.285. The number of hydrogen-bond acceptors (Lipinski definition) is 7. The fourth-order valence-corrected chi connectivity index (χ4v) is 4.95. The number of ether oxygens (including phenoxy) is 2. The highest BCUT2D eigenvalue weighted by molar-refractivity contribution is 7.98. The van der Waals surface area contributed by atoms with Crippen LogP contribution in [0.25, 0.3) is 0 Å². The fraction of sp³-hybridized carbons (Fsp3) is 0.462. The maximum absolute atomic E-state index is 13.5. The van der Waals surface area contributed by atoms with Gasteiger partial charge in [0, 0.05) is 24.5 Å². The second-order valence-corrected chi connectivity index (χ2v) is 10.2. The molecule has 2 heterocycles. The smallest absolute Gasteiger partial charge is 0.349 e. The van der Waals surface area contributed by atoms with Crippen LogP contribution in [0.5, 0.6) is 0 Å². The highest BCUT2D eigenvalue weighted by Crippen LogP contribution is 2.38. The first kappa shape index (κ1) is 27.6. The van der Waals surface area contributed by atoms with Gasteiger partial charge in [-0.25, -0.2) is 0 Å². The molecule has 0 spiro atoms. The quantitative estimate of drug-likeness (QED) is 0.374. The first-order valence-electron chi connectivity index (χ1n) is 12.0. The molecule has 1 aromatic heterocycles. The molecular weight excluding hydrogens is 503 g/mol. The van der Waals surface area contributed by atoms with Crippen molar-refractivity contribution >= 4 is 11.8 Å². The zero-order valence-electron chi connectivity index (χ0n) is 21.3. The molecule has 0 saturated carbocycles. The van der Waals surface area contributed by atoms with Crippen LogP contribution < -0.4 is 0 Å². The van der Waals surface area contributed by atoms with Gasteiger partial charge in [0.1, 0.15) is 5.69 Å². The summed E-state index contributed by atoms with van der Waals surface area (Å²) < 4.78 is 53.1. The molecule has 0 bridgehead atoms. The predicted molar refractivity (Wildman–Crippen MR) is 136 cm³/mol. The monoisotopic (exact) mass is 535 g/mol. The number of hydrogen-bond donors (Lipinski definition) is 1. The molecule has 11 heteroatoms. The summed E-state index contributed by atoms with van der Waals surface area (Å²) in [4.78, 5) is 4.80.